The third kappa shape index (κ3) is 2.88. The van der Waals surface area contributed by atoms with Crippen LogP contribution >= 0.6 is 0 Å². The number of amides is 2. The predicted molar refractivity (Wildman–Crippen MR) is 101 cm³/mol. The number of aromatic nitrogens is 1. The first-order chi connectivity index (χ1) is 13.0. The lowest BCUT2D eigenvalue weighted by molar-refractivity contribution is -0.158. The molecular weight excluding hydrogens is 342 g/mol. The monoisotopic (exact) mass is 365 g/mol. The Bertz CT molecular complexity index is 939. The second-order valence-corrected chi connectivity index (χ2v) is 8.08. The summed E-state index contributed by atoms with van der Waals surface area (Å²) in [5.41, 5.74) is 2.23. The summed E-state index contributed by atoms with van der Waals surface area (Å²) in [6, 6.07) is 9.86. The van der Waals surface area contributed by atoms with E-state index < -0.39 is 5.60 Å². The molecule has 3 fully saturated rings. The van der Waals surface area contributed by atoms with Gasteiger partial charge in [0.25, 0.3) is 5.91 Å². The molecular formula is C21H23N3O3. The molecule has 2 aliphatic heterocycles. The number of hydrogen-bond donors (Lipinski definition) is 0. The minimum Gasteiger partial charge on any atom is -0.361 e. The quantitative estimate of drug-likeness (QED) is 0.818. The van der Waals surface area contributed by atoms with Crippen LogP contribution in [0.3, 0.4) is 0 Å². The Morgan fingerprint density at radius 2 is 2.07 bits per heavy atom. The van der Waals surface area contributed by atoms with Crippen molar-refractivity contribution in [2.75, 3.05) is 33.3 Å². The van der Waals surface area contributed by atoms with E-state index in [9.17, 15) is 9.59 Å². The highest BCUT2D eigenvalue weighted by atomic mass is 16.5. The molecule has 0 bridgehead atoms. The van der Waals surface area contributed by atoms with Crippen molar-refractivity contribution in [1.82, 2.24) is 14.8 Å². The second-order valence-electron chi connectivity index (χ2n) is 8.08. The SMILES string of the molecule is CN1C[C@]2(CCN(C(=O)c3cc(C4CC4)nc4ccccc34)C2)OCC1=O. The lowest BCUT2D eigenvalue weighted by atomic mass is 10.0. The molecule has 1 spiro atoms. The molecule has 1 aromatic heterocycles. The third-order valence-electron chi connectivity index (χ3n) is 6.02. The standard InChI is InChI=1S/C21H23N3O3/c1-23-12-21(27-11-19(23)25)8-9-24(13-21)20(26)16-10-18(14-6-7-14)22-17-5-3-2-4-15(16)17/h2-5,10,14H,6-9,11-13H2,1H3/t21-/m0/s1. The number of hydrogen-bond acceptors (Lipinski definition) is 4. The smallest absolute Gasteiger partial charge is 0.254 e. The Morgan fingerprint density at radius 1 is 1.26 bits per heavy atom. The Kier molecular flexibility index (Phi) is 3.72. The van der Waals surface area contributed by atoms with Gasteiger partial charge in [-0.2, -0.15) is 0 Å². The summed E-state index contributed by atoms with van der Waals surface area (Å²) >= 11 is 0. The van der Waals surface area contributed by atoms with E-state index in [0.717, 1.165) is 41.4 Å². The van der Waals surface area contributed by atoms with Gasteiger partial charge in [0.05, 0.1) is 24.2 Å². The summed E-state index contributed by atoms with van der Waals surface area (Å²) in [6.07, 6.45) is 3.06. The number of benzene rings is 1. The number of nitrogens with zero attached hydrogens (tertiary/aromatic N) is 3. The number of pyridine rings is 1. The Labute approximate surface area is 158 Å². The van der Waals surface area contributed by atoms with Gasteiger partial charge in [-0.25, -0.2) is 0 Å². The van der Waals surface area contributed by atoms with E-state index in [-0.39, 0.29) is 18.4 Å². The van der Waals surface area contributed by atoms with Crippen molar-refractivity contribution in [2.24, 2.45) is 0 Å². The average Bonchev–Trinajstić information content (AvgIpc) is 3.45. The maximum atomic E-state index is 13.4. The molecule has 6 nitrogen and oxygen atoms in total. The molecule has 6 heteroatoms. The number of fused-ring (bicyclic) bond motifs is 1. The number of carbonyl (C=O) groups excluding carboxylic acids is 2. The summed E-state index contributed by atoms with van der Waals surface area (Å²) in [4.78, 5) is 33.5. The number of rotatable bonds is 2. The molecule has 2 amide bonds. The zero-order valence-electron chi connectivity index (χ0n) is 15.5. The summed E-state index contributed by atoms with van der Waals surface area (Å²) in [6.45, 7) is 1.82. The second kappa shape index (κ2) is 6.02. The predicted octanol–water partition coefficient (Wildman–Crippen LogP) is 2.19. The van der Waals surface area contributed by atoms with E-state index in [1.54, 1.807) is 11.9 Å². The summed E-state index contributed by atoms with van der Waals surface area (Å²) in [5.74, 6) is 0.530. The van der Waals surface area contributed by atoms with Gasteiger partial charge in [0, 0.05) is 30.6 Å². The van der Waals surface area contributed by atoms with Crippen molar-refractivity contribution in [3.05, 3.63) is 41.6 Å². The molecule has 3 heterocycles. The first-order valence-electron chi connectivity index (χ1n) is 9.62. The van der Waals surface area contributed by atoms with E-state index in [0.29, 0.717) is 25.6 Å². The van der Waals surface area contributed by atoms with Crippen molar-refractivity contribution in [3.63, 3.8) is 0 Å². The molecule has 2 saturated heterocycles. The molecule has 1 aromatic carbocycles. The highest BCUT2D eigenvalue weighted by Crippen LogP contribution is 2.40. The van der Waals surface area contributed by atoms with Crippen LogP contribution in [-0.4, -0.2) is 65.5 Å². The highest BCUT2D eigenvalue weighted by molar-refractivity contribution is 6.06. The molecule has 1 saturated carbocycles. The van der Waals surface area contributed by atoms with Gasteiger partial charge in [0.2, 0.25) is 5.91 Å². The van der Waals surface area contributed by atoms with Crippen LogP contribution in [0.4, 0.5) is 0 Å². The number of morpholine rings is 1. The largest absolute Gasteiger partial charge is 0.361 e. The van der Waals surface area contributed by atoms with Crippen LogP contribution in [0, 0.1) is 0 Å². The number of carbonyl (C=O) groups is 2. The van der Waals surface area contributed by atoms with E-state index in [1.165, 1.54) is 0 Å². The molecule has 1 aliphatic carbocycles. The lowest BCUT2D eigenvalue weighted by Crippen LogP contribution is -2.54. The van der Waals surface area contributed by atoms with Crippen LogP contribution in [0.2, 0.25) is 0 Å². The average molecular weight is 365 g/mol. The van der Waals surface area contributed by atoms with E-state index in [1.807, 2.05) is 35.2 Å². The van der Waals surface area contributed by atoms with E-state index in [2.05, 4.69) is 0 Å². The van der Waals surface area contributed by atoms with Gasteiger partial charge >= 0.3 is 0 Å². The minimum atomic E-state index is -0.430. The molecule has 5 rings (SSSR count). The molecule has 27 heavy (non-hydrogen) atoms. The van der Waals surface area contributed by atoms with Crippen LogP contribution < -0.4 is 0 Å². The van der Waals surface area contributed by atoms with Crippen LogP contribution in [0.25, 0.3) is 10.9 Å². The number of likely N-dealkylation sites (tertiary alicyclic amines) is 1. The van der Waals surface area contributed by atoms with Crippen LogP contribution in [0.15, 0.2) is 30.3 Å². The van der Waals surface area contributed by atoms with Crippen molar-refractivity contribution >= 4 is 22.7 Å². The van der Waals surface area contributed by atoms with Gasteiger partial charge < -0.3 is 14.5 Å². The van der Waals surface area contributed by atoms with Crippen molar-refractivity contribution in [1.29, 1.82) is 0 Å². The molecule has 1 atom stereocenters. The number of ether oxygens (including phenoxy) is 1. The van der Waals surface area contributed by atoms with Gasteiger partial charge in [-0.1, -0.05) is 18.2 Å². The Balaban J connectivity index is 1.45. The first kappa shape index (κ1) is 16.7. The topological polar surface area (TPSA) is 62.7 Å². The lowest BCUT2D eigenvalue weighted by Gasteiger charge is -2.38. The zero-order valence-corrected chi connectivity index (χ0v) is 15.5. The maximum Gasteiger partial charge on any atom is 0.254 e. The Hall–Kier alpha value is -2.47. The molecule has 0 unspecified atom stereocenters. The van der Waals surface area contributed by atoms with E-state index in [4.69, 9.17) is 9.72 Å². The fraction of sp³-hybridized carbons (Fsp3) is 0.476. The fourth-order valence-electron chi connectivity index (χ4n) is 4.29. The molecule has 0 radical (unpaired) electrons. The van der Waals surface area contributed by atoms with Crippen LogP contribution in [0.1, 0.15) is 41.2 Å². The number of para-hydroxylation sites is 1. The maximum absolute atomic E-state index is 13.4. The first-order valence-corrected chi connectivity index (χ1v) is 9.62. The van der Waals surface area contributed by atoms with Crippen molar-refractivity contribution < 1.29 is 14.3 Å². The molecule has 0 N–H and O–H groups in total. The number of likely N-dealkylation sites (N-methyl/N-ethyl adjacent to an activating group) is 1. The molecule has 140 valence electrons. The van der Waals surface area contributed by atoms with Gasteiger partial charge in [-0.15, -0.1) is 0 Å². The van der Waals surface area contributed by atoms with Crippen LogP contribution in [-0.2, 0) is 9.53 Å². The minimum absolute atomic E-state index is 0.000366. The summed E-state index contributed by atoms with van der Waals surface area (Å²) in [7, 11) is 1.80. The van der Waals surface area contributed by atoms with E-state index >= 15 is 0 Å². The van der Waals surface area contributed by atoms with Crippen molar-refractivity contribution in [2.45, 2.75) is 30.8 Å². The van der Waals surface area contributed by atoms with Gasteiger partial charge in [-0.05, 0) is 31.4 Å². The molecule has 2 aromatic rings. The van der Waals surface area contributed by atoms with Gasteiger partial charge in [0.15, 0.2) is 0 Å². The van der Waals surface area contributed by atoms with Gasteiger partial charge in [-0.3, -0.25) is 14.6 Å². The highest BCUT2D eigenvalue weighted by Gasteiger charge is 2.45. The summed E-state index contributed by atoms with van der Waals surface area (Å²) < 4.78 is 5.89. The molecule has 3 aliphatic rings. The normalized spacial score (nSPS) is 25.6. The zero-order chi connectivity index (χ0) is 18.6. The Morgan fingerprint density at radius 3 is 2.85 bits per heavy atom. The third-order valence-corrected chi connectivity index (χ3v) is 6.02. The van der Waals surface area contributed by atoms with Crippen LogP contribution in [0.5, 0.6) is 0 Å². The fourth-order valence-corrected chi connectivity index (χ4v) is 4.29. The summed E-state index contributed by atoms with van der Waals surface area (Å²) in [5, 5.41) is 0.907. The van der Waals surface area contributed by atoms with Gasteiger partial charge in [0.1, 0.15) is 12.2 Å². The van der Waals surface area contributed by atoms with Crippen molar-refractivity contribution in [3.8, 4) is 0 Å².